The van der Waals surface area contributed by atoms with Gasteiger partial charge >= 0.3 is 5.97 Å². The van der Waals surface area contributed by atoms with Gasteiger partial charge in [-0.15, -0.1) is 11.3 Å². The van der Waals surface area contributed by atoms with Crippen LogP contribution in [-0.4, -0.2) is 11.0 Å². The third kappa shape index (κ3) is 4.19. The molecule has 1 aromatic heterocycles. The lowest BCUT2D eigenvalue weighted by atomic mass is 10.2. The molecule has 122 valence electrons. The maximum atomic E-state index is 13.3. The number of thiazole rings is 1. The zero-order valence-corrected chi connectivity index (χ0v) is 14.1. The fourth-order valence-electron chi connectivity index (χ4n) is 2.11. The Morgan fingerprint density at radius 1 is 1.21 bits per heavy atom. The predicted molar refractivity (Wildman–Crippen MR) is 92.5 cm³/mol. The van der Waals surface area contributed by atoms with Gasteiger partial charge in [0.1, 0.15) is 17.4 Å². The first kappa shape index (κ1) is 16.6. The van der Waals surface area contributed by atoms with Gasteiger partial charge in [0.15, 0.2) is 0 Å². The second-order valence-electron chi connectivity index (χ2n) is 5.08. The van der Waals surface area contributed by atoms with Crippen LogP contribution in [0.2, 0.25) is 5.02 Å². The molecule has 0 aliphatic carbocycles. The molecule has 6 heteroatoms. The van der Waals surface area contributed by atoms with E-state index in [0.717, 1.165) is 5.56 Å². The van der Waals surface area contributed by atoms with Gasteiger partial charge in [-0.3, -0.25) is 4.79 Å². The number of esters is 1. The Morgan fingerprint density at radius 2 is 2.04 bits per heavy atom. The fraction of sp³-hybridized carbons (Fsp3) is 0.111. The van der Waals surface area contributed by atoms with Gasteiger partial charge in [0.25, 0.3) is 0 Å². The highest BCUT2D eigenvalue weighted by Gasteiger charge is 2.11. The highest BCUT2D eigenvalue weighted by molar-refractivity contribution is 7.13. The molecule has 2 aromatic carbocycles. The van der Waals surface area contributed by atoms with Crippen LogP contribution >= 0.6 is 22.9 Å². The van der Waals surface area contributed by atoms with Crippen molar-refractivity contribution in [2.45, 2.75) is 13.0 Å². The molecule has 0 atom stereocenters. The normalized spacial score (nSPS) is 10.6. The SMILES string of the molecule is O=C(Cc1csc(-c2cccc(F)c2)n1)OCc1ccccc1Cl. The molecule has 0 unspecified atom stereocenters. The molecule has 0 spiro atoms. The van der Waals surface area contributed by atoms with E-state index in [9.17, 15) is 9.18 Å². The monoisotopic (exact) mass is 361 g/mol. The van der Waals surface area contributed by atoms with Crippen LogP contribution in [0.1, 0.15) is 11.3 Å². The Balaban J connectivity index is 1.60. The summed E-state index contributed by atoms with van der Waals surface area (Å²) < 4.78 is 18.5. The number of carbonyl (C=O) groups excluding carboxylic acids is 1. The number of carbonyl (C=O) groups is 1. The van der Waals surface area contributed by atoms with Crippen LogP contribution in [-0.2, 0) is 22.6 Å². The van der Waals surface area contributed by atoms with E-state index in [0.29, 0.717) is 21.3 Å². The van der Waals surface area contributed by atoms with E-state index in [4.69, 9.17) is 16.3 Å². The van der Waals surface area contributed by atoms with Crippen LogP contribution in [0.4, 0.5) is 4.39 Å². The van der Waals surface area contributed by atoms with Crippen LogP contribution in [0.15, 0.2) is 53.9 Å². The molecular weight excluding hydrogens is 349 g/mol. The van der Waals surface area contributed by atoms with Crippen molar-refractivity contribution in [2.24, 2.45) is 0 Å². The van der Waals surface area contributed by atoms with Gasteiger partial charge in [-0.05, 0) is 18.2 Å². The van der Waals surface area contributed by atoms with Crippen LogP contribution < -0.4 is 0 Å². The predicted octanol–water partition coefficient (Wildman–Crippen LogP) is 4.89. The van der Waals surface area contributed by atoms with Crippen molar-refractivity contribution in [1.29, 1.82) is 0 Å². The Labute approximate surface area is 147 Å². The smallest absolute Gasteiger partial charge is 0.312 e. The summed E-state index contributed by atoms with van der Waals surface area (Å²) in [7, 11) is 0. The maximum Gasteiger partial charge on any atom is 0.312 e. The van der Waals surface area contributed by atoms with Gasteiger partial charge in [0.2, 0.25) is 0 Å². The first-order chi connectivity index (χ1) is 11.6. The van der Waals surface area contributed by atoms with Gasteiger partial charge in [0, 0.05) is 21.5 Å². The molecule has 3 nitrogen and oxygen atoms in total. The summed E-state index contributed by atoms with van der Waals surface area (Å²) in [5, 5.41) is 3.01. The number of hydrogen-bond donors (Lipinski definition) is 0. The number of benzene rings is 2. The molecule has 24 heavy (non-hydrogen) atoms. The number of rotatable bonds is 5. The molecule has 0 radical (unpaired) electrons. The maximum absolute atomic E-state index is 13.3. The van der Waals surface area contributed by atoms with Gasteiger partial charge in [-0.2, -0.15) is 0 Å². The minimum Gasteiger partial charge on any atom is -0.460 e. The molecule has 0 amide bonds. The van der Waals surface area contributed by atoms with Crippen LogP contribution in [0.3, 0.4) is 0 Å². The number of aromatic nitrogens is 1. The van der Waals surface area contributed by atoms with Crippen molar-refractivity contribution in [3.8, 4) is 10.6 Å². The summed E-state index contributed by atoms with van der Waals surface area (Å²) in [6.45, 7) is 0.124. The van der Waals surface area contributed by atoms with Gasteiger partial charge < -0.3 is 4.74 Å². The van der Waals surface area contributed by atoms with Gasteiger partial charge in [-0.25, -0.2) is 9.37 Å². The van der Waals surface area contributed by atoms with Crippen molar-refractivity contribution in [3.05, 3.63) is 76.0 Å². The highest BCUT2D eigenvalue weighted by atomic mass is 35.5. The second kappa shape index (κ2) is 7.55. The average Bonchev–Trinajstić information content (AvgIpc) is 3.02. The lowest BCUT2D eigenvalue weighted by molar-refractivity contribution is -0.144. The van der Waals surface area contributed by atoms with Crippen molar-refractivity contribution >= 4 is 28.9 Å². The van der Waals surface area contributed by atoms with E-state index >= 15 is 0 Å². The topological polar surface area (TPSA) is 39.2 Å². The second-order valence-corrected chi connectivity index (χ2v) is 6.35. The molecule has 0 saturated heterocycles. The minimum absolute atomic E-state index is 0.0657. The quantitative estimate of drug-likeness (QED) is 0.607. The molecule has 3 aromatic rings. The molecule has 0 aliphatic rings. The molecule has 0 N–H and O–H groups in total. The summed E-state index contributed by atoms with van der Waals surface area (Å²) in [5.74, 6) is -0.700. The average molecular weight is 362 g/mol. The number of hydrogen-bond acceptors (Lipinski definition) is 4. The van der Waals surface area contributed by atoms with Crippen LogP contribution in [0, 0.1) is 5.82 Å². The van der Waals surface area contributed by atoms with E-state index in [-0.39, 0.29) is 24.8 Å². The highest BCUT2D eigenvalue weighted by Crippen LogP contribution is 2.24. The van der Waals surface area contributed by atoms with Crippen LogP contribution in [0.5, 0.6) is 0 Å². The van der Waals surface area contributed by atoms with E-state index in [1.165, 1.54) is 23.5 Å². The van der Waals surface area contributed by atoms with E-state index in [2.05, 4.69) is 4.98 Å². The van der Waals surface area contributed by atoms with Gasteiger partial charge in [-0.1, -0.05) is 41.9 Å². The zero-order valence-electron chi connectivity index (χ0n) is 12.5. The number of ether oxygens (including phenoxy) is 1. The molecule has 0 saturated carbocycles. The summed E-state index contributed by atoms with van der Waals surface area (Å²) in [6.07, 6.45) is 0.0657. The van der Waals surface area contributed by atoms with Crippen molar-refractivity contribution in [3.63, 3.8) is 0 Å². The number of halogens is 2. The number of nitrogens with zero attached hydrogens (tertiary/aromatic N) is 1. The molecule has 0 fully saturated rings. The summed E-state index contributed by atoms with van der Waals surface area (Å²) in [6, 6.07) is 13.4. The fourth-order valence-corrected chi connectivity index (χ4v) is 3.12. The van der Waals surface area contributed by atoms with Crippen molar-refractivity contribution < 1.29 is 13.9 Å². The van der Waals surface area contributed by atoms with Gasteiger partial charge in [0.05, 0.1) is 12.1 Å². The molecule has 3 rings (SSSR count). The lowest BCUT2D eigenvalue weighted by Crippen LogP contribution is -2.08. The Hall–Kier alpha value is -2.24. The third-order valence-electron chi connectivity index (χ3n) is 3.30. The van der Waals surface area contributed by atoms with Crippen LogP contribution in [0.25, 0.3) is 10.6 Å². The largest absolute Gasteiger partial charge is 0.460 e. The van der Waals surface area contributed by atoms with E-state index in [1.807, 2.05) is 12.1 Å². The van der Waals surface area contributed by atoms with E-state index < -0.39 is 0 Å². The molecule has 0 aliphatic heterocycles. The Morgan fingerprint density at radius 3 is 2.83 bits per heavy atom. The molecule has 1 heterocycles. The summed E-state index contributed by atoms with van der Waals surface area (Å²) >= 11 is 7.38. The molecule has 0 bridgehead atoms. The first-order valence-electron chi connectivity index (χ1n) is 7.21. The van der Waals surface area contributed by atoms with E-state index in [1.54, 1.807) is 29.6 Å². The Bertz CT molecular complexity index is 865. The summed E-state index contributed by atoms with van der Waals surface area (Å²) in [5.41, 5.74) is 2.05. The molecular formula is C18H13ClFNO2S. The van der Waals surface area contributed by atoms with Crippen molar-refractivity contribution in [2.75, 3.05) is 0 Å². The van der Waals surface area contributed by atoms with Crippen molar-refractivity contribution in [1.82, 2.24) is 4.98 Å². The lowest BCUT2D eigenvalue weighted by Gasteiger charge is -2.05. The third-order valence-corrected chi connectivity index (χ3v) is 4.60. The minimum atomic E-state index is -0.383. The summed E-state index contributed by atoms with van der Waals surface area (Å²) in [4.78, 5) is 16.3. The standard InChI is InChI=1S/C18H13ClFNO2S/c19-16-7-2-1-4-13(16)10-23-17(22)9-15-11-24-18(21-15)12-5-3-6-14(20)8-12/h1-8,11H,9-10H2. The first-order valence-corrected chi connectivity index (χ1v) is 8.47. The Kier molecular flexibility index (Phi) is 5.23. The zero-order chi connectivity index (χ0) is 16.9.